The summed E-state index contributed by atoms with van der Waals surface area (Å²) < 4.78 is 10.0. The molecule has 1 aromatic carbocycles. The van der Waals surface area contributed by atoms with E-state index in [1.54, 1.807) is 38.1 Å². The number of anilines is 1. The highest BCUT2D eigenvalue weighted by Gasteiger charge is 2.29. The van der Waals surface area contributed by atoms with Crippen molar-refractivity contribution in [2.45, 2.75) is 19.8 Å². The van der Waals surface area contributed by atoms with Gasteiger partial charge in [0.1, 0.15) is 12.5 Å². The second kappa shape index (κ2) is 7.53. The average Bonchev–Trinajstić information content (AvgIpc) is 2.39. The summed E-state index contributed by atoms with van der Waals surface area (Å²) in [5, 5.41) is 0. The normalized spacial score (nSPS) is 11.9. The Morgan fingerprint density at radius 2 is 1.79 bits per heavy atom. The molecule has 1 rings (SSSR count). The van der Waals surface area contributed by atoms with Crippen LogP contribution in [0, 0.1) is 0 Å². The average molecular weight is 265 g/mol. The molecule has 0 aromatic heterocycles. The molecule has 0 saturated heterocycles. The van der Waals surface area contributed by atoms with Gasteiger partial charge in [0, 0.05) is 12.3 Å². The van der Waals surface area contributed by atoms with Crippen LogP contribution in [0.5, 0.6) is 0 Å². The molecule has 104 valence electrons. The van der Waals surface area contributed by atoms with Crippen molar-refractivity contribution in [3.8, 4) is 0 Å². The first kappa shape index (κ1) is 15.2. The third-order valence-electron chi connectivity index (χ3n) is 2.56. The fourth-order valence-electron chi connectivity index (χ4n) is 1.65. The van der Waals surface area contributed by atoms with Crippen molar-refractivity contribution in [1.29, 1.82) is 0 Å². The highest BCUT2D eigenvalue weighted by atomic mass is 16.5. The third-order valence-corrected chi connectivity index (χ3v) is 2.56. The Bertz CT molecular complexity index is 428. The second-order valence-electron chi connectivity index (χ2n) is 3.96. The highest BCUT2D eigenvalue weighted by molar-refractivity contribution is 6.05. The van der Waals surface area contributed by atoms with Gasteiger partial charge in [-0.3, -0.25) is 9.59 Å². The molecule has 2 N–H and O–H groups in total. The second-order valence-corrected chi connectivity index (χ2v) is 3.96. The zero-order valence-electron chi connectivity index (χ0n) is 11.2. The minimum atomic E-state index is -0.952. The number of nitrogen functional groups attached to an aromatic ring is 1. The van der Waals surface area contributed by atoms with Crippen LogP contribution >= 0.6 is 0 Å². The van der Waals surface area contributed by atoms with E-state index in [0.29, 0.717) is 17.9 Å². The molecule has 0 heterocycles. The largest absolute Gasteiger partial charge is 0.465 e. The summed E-state index contributed by atoms with van der Waals surface area (Å²) in [6.07, 6.45) is 0. The molecule has 0 aliphatic rings. The molecule has 0 spiro atoms. The maximum absolute atomic E-state index is 12.0. The number of esters is 1. The van der Waals surface area contributed by atoms with Gasteiger partial charge in [0.15, 0.2) is 5.78 Å². The van der Waals surface area contributed by atoms with Gasteiger partial charge in [0.05, 0.1) is 6.61 Å². The highest BCUT2D eigenvalue weighted by Crippen LogP contribution is 2.20. The van der Waals surface area contributed by atoms with E-state index in [4.69, 9.17) is 15.2 Å². The number of ketones is 1. The number of benzene rings is 1. The van der Waals surface area contributed by atoms with Gasteiger partial charge in [-0.15, -0.1) is 0 Å². The van der Waals surface area contributed by atoms with E-state index in [-0.39, 0.29) is 19.0 Å². The molecule has 0 aliphatic heterocycles. The van der Waals surface area contributed by atoms with E-state index in [9.17, 15) is 9.59 Å². The quantitative estimate of drug-likeness (QED) is 0.459. The van der Waals surface area contributed by atoms with Crippen LogP contribution in [0.3, 0.4) is 0 Å². The Morgan fingerprint density at radius 3 is 2.32 bits per heavy atom. The topological polar surface area (TPSA) is 78.6 Å². The standard InChI is InChI=1S/C14H19NO4/c1-3-18-9-12(16)13(14(17)19-4-2)10-5-7-11(15)8-6-10/h5-8,13H,3-4,9,15H2,1-2H3. The van der Waals surface area contributed by atoms with Crippen LogP contribution in [0.25, 0.3) is 0 Å². The molecular formula is C14H19NO4. The summed E-state index contributed by atoms with van der Waals surface area (Å²) in [5.41, 5.74) is 6.73. The number of carbonyl (C=O) groups excluding carboxylic acids is 2. The fraction of sp³-hybridized carbons (Fsp3) is 0.429. The minimum absolute atomic E-state index is 0.107. The van der Waals surface area contributed by atoms with E-state index in [1.165, 1.54) is 0 Å². The summed E-state index contributed by atoms with van der Waals surface area (Å²) in [6, 6.07) is 6.60. The van der Waals surface area contributed by atoms with Crippen molar-refractivity contribution in [2.24, 2.45) is 0 Å². The maximum atomic E-state index is 12.0. The first-order valence-corrected chi connectivity index (χ1v) is 6.22. The maximum Gasteiger partial charge on any atom is 0.321 e. The zero-order chi connectivity index (χ0) is 14.3. The number of Topliss-reactive ketones (excluding diaryl/α,β-unsaturated/α-hetero) is 1. The van der Waals surface area contributed by atoms with E-state index in [0.717, 1.165) is 0 Å². The van der Waals surface area contributed by atoms with Crippen LogP contribution < -0.4 is 5.73 Å². The van der Waals surface area contributed by atoms with E-state index in [2.05, 4.69) is 0 Å². The molecule has 1 unspecified atom stereocenters. The third kappa shape index (κ3) is 4.37. The number of ether oxygens (including phenoxy) is 2. The molecule has 0 aliphatic carbocycles. The molecule has 0 radical (unpaired) electrons. The van der Waals surface area contributed by atoms with Crippen molar-refractivity contribution in [2.75, 3.05) is 25.6 Å². The minimum Gasteiger partial charge on any atom is -0.465 e. The van der Waals surface area contributed by atoms with Gasteiger partial charge in [0.2, 0.25) is 0 Å². The molecule has 0 amide bonds. The van der Waals surface area contributed by atoms with Crippen LogP contribution in [-0.4, -0.2) is 31.6 Å². The first-order valence-electron chi connectivity index (χ1n) is 6.22. The Labute approximate surface area is 112 Å². The van der Waals surface area contributed by atoms with Gasteiger partial charge in [-0.25, -0.2) is 0 Å². The van der Waals surface area contributed by atoms with Gasteiger partial charge >= 0.3 is 5.97 Å². The van der Waals surface area contributed by atoms with Crippen molar-refractivity contribution in [3.63, 3.8) is 0 Å². The molecule has 0 saturated carbocycles. The van der Waals surface area contributed by atoms with Crippen molar-refractivity contribution in [1.82, 2.24) is 0 Å². The Morgan fingerprint density at radius 1 is 1.16 bits per heavy atom. The van der Waals surface area contributed by atoms with Crippen LogP contribution in [0.2, 0.25) is 0 Å². The van der Waals surface area contributed by atoms with Gasteiger partial charge < -0.3 is 15.2 Å². The molecule has 5 nitrogen and oxygen atoms in total. The molecule has 0 bridgehead atoms. The Hall–Kier alpha value is -1.88. The Kier molecular flexibility index (Phi) is 6.02. The van der Waals surface area contributed by atoms with E-state index in [1.807, 2.05) is 0 Å². The van der Waals surface area contributed by atoms with Gasteiger partial charge in [0.25, 0.3) is 0 Å². The van der Waals surface area contributed by atoms with Crippen LogP contribution in [-0.2, 0) is 19.1 Å². The van der Waals surface area contributed by atoms with E-state index < -0.39 is 11.9 Å². The lowest BCUT2D eigenvalue weighted by Crippen LogP contribution is -2.27. The van der Waals surface area contributed by atoms with E-state index >= 15 is 0 Å². The lowest BCUT2D eigenvalue weighted by molar-refractivity contribution is -0.148. The molecule has 1 aromatic rings. The molecule has 19 heavy (non-hydrogen) atoms. The lowest BCUT2D eigenvalue weighted by atomic mass is 9.95. The predicted octanol–water partition coefficient (Wildman–Crippen LogP) is 1.52. The molecule has 1 atom stereocenters. The van der Waals surface area contributed by atoms with Gasteiger partial charge in [-0.05, 0) is 31.5 Å². The molecule has 5 heteroatoms. The number of hydrogen-bond donors (Lipinski definition) is 1. The fourth-order valence-corrected chi connectivity index (χ4v) is 1.65. The SMILES string of the molecule is CCOCC(=O)C(C(=O)OCC)c1ccc(N)cc1. The first-order chi connectivity index (χ1) is 9.10. The van der Waals surface area contributed by atoms with Gasteiger partial charge in [-0.2, -0.15) is 0 Å². The summed E-state index contributed by atoms with van der Waals surface area (Å²) in [5.74, 6) is -1.82. The monoisotopic (exact) mass is 265 g/mol. The predicted molar refractivity (Wildman–Crippen MR) is 71.7 cm³/mol. The lowest BCUT2D eigenvalue weighted by Gasteiger charge is -2.15. The smallest absolute Gasteiger partial charge is 0.321 e. The summed E-state index contributed by atoms with van der Waals surface area (Å²) in [7, 11) is 0. The number of carbonyl (C=O) groups is 2. The van der Waals surface area contributed by atoms with Gasteiger partial charge in [-0.1, -0.05) is 12.1 Å². The number of nitrogens with two attached hydrogens (primary N) is 1. The van der Waals surface area contributed by atoms with Crippen LogP contribution in [0.15, 0.2) is 24.3 Å². The summed E-state index contributed by atoms with van der Waals surface area (Å²) in [6.45, 7) is 4.03. The zero-order valence-corrected chi connectivity index (χ0v) is 11.2. The van der Waals surface area contributed by atoms with Crippen LogP contribution in [0.4, 0.5) is 5.69 Å². The van der Waals surface area contributed by atoms with Crippen molar-refractivity contribution >= 4 is 17.4 Å². The summed E-state index contributed by atoms with van der Waals surface area (Å²) >= 11 is 0. The molecular weight excluding hydrogens is 246 g/mol. The van der Waals surface area contributed by atoms with Crippen molar-refractivity contribution < 1.29 is 19.1 Å². The molecule has 0 fully saturated rings. The number of hydrogen-bond acceptors (Lipinski definition) is 5. The Balaban J connectivity index is 2.94. The van der Waals surface area contributed by atoms with Crippen molar-refractivity contribution in [3.05, 3.63) is 29.8 Å². The van der Waals surface area contributed by atoms with Crippen LogP contribution in [0.1, 0.15) is 25.3 Å². The number of rotatable bonds is 7. The summed E-state index contributed by atoms with van der Waals surface area (Å²) in [4.78, 5) is 24.0.